The van der Waals surface area contributed by atoms with Gasteiger partial charge in [-0.3, -0.25) is 5.32 Å². The predicted molar refractivity (Wildman–Crippen MR) is 119 cm³/mol. The normalized spacial score (nSPS) is 19.2. The summed E-state index contributed by atoms with van der Waals surface area (Å²) in [4.78, 5) is 13.9. The highest BCUT2D eigenvalue weighted by atomic mass is 16.6. The van der Waals surface area contributed by atoms with Crippen LogP contribution in [0.2, 0.25) is 0 Å². The Kier molecular flexibility index (Phi) is 10.9. The maximum atomic E-state index is 12.5. The average molecular weight is 406 g/mol. The third-order valence-corrected chi connectivity index (χ3v) is 5.65. The number of quaternary nitrogens is 1. The first-order valence-corrected chi connectivity index (χ1v) is 11.6. The Morgan fingerprint density at radius 3 is 2.59 bits per heavy atom. The van der Waals surface area contributed by atoms with E-state index in [1.807, 2.05) is 24.3 Å². The Hall–Kier alpha value is -1.75. The number of hydrogen-bond donors (Lipinski definition) is 2. The fraction of sp³-hybridized carbons (Fsp3) is 0.708. The molecule has 1 aromatic rings. The average Bonchev–Trinajstić information content (AvgIpc) is 2.69. The minimum absolute atomic E-state index is 0.00912. The van der Waals surface area contributed by atoms with E-state index in [4.69, 9.17) is 9.47 Å². The fourth-order valence-electron chi connectivity index (χ4n) is 4.12. The molecule has 0 spiro atoms. The standard InChI is InChI=1S/C24H40N2O3/c1-4-5-6-7-8-13-18-28-23-17-12-10-15-21(23)25-24(27)29-22-16-11-9-14-20(22)19-26(2)3/h10,12,15,17,20,22H,4-9,11,13-14,16,18-19H2,1-3H3,(H,25,27)/p+1/t20-,22-/m1/s1. The molecule has 5 nitrogen and oxygen atoms in total. The summed E-state index contributed by atoms with van der Waals surface area (Å²) in [6, 6.07) is 7.63. The lowest BCUT2D eigenvalue weighted by Gasteiger charge is -2.31. The maximum absolute atomic E-state index is 12.5. The summed E-state index contributed by atoms with van der Waals surface area (Å²) in [6.07, 6.45) is 11.5. The molecule has 0 heterocycles. The molecule has 2 atom stereocenters. The van der Waals surface area contributed by atoms with Gasteiger partial charge in [0.2, 0.25) is 0 Å². The molecule has 0 aromatic heterocycles. The van der Waals surface area contributed by atoms with Crippen LogP contribution in [-0.4, -0.2) is 39.4 Å². The highest BCUT2D eigenvalue weighted by Gasteiger charge is 2.30. The van der Waals surface area contributed by atoms with E-state index in [1.54, 1.807) is 0 Å². The minimum Gasteiger partial charge on any atom is -0.491 e. The zero-order chi connectivity index (χ0) is 20.9. The Balaban J connectivity index is 1.80. The van der Waals surface area contributed by atoms with Crippen LogP contribution in [0.15, 0.2) is 24.3 Å². The van der Waals surface area contributed by atoms with Gasteiger partial charge in [0.25, 0.3) is 0 Å². The Morgan fingerprint density at radius 2 is 1.79 bits per heavy atom. The highest BCUT2D eigenvalue weighted by Crippen LogP contribution is 2.28. The number of para-hydroxylation sites is 2. The fourth-order valence-corrected chi connectivity index (χ4v) is 4.12. The third-order valence-electron chi connectivity index (χ3n) is 5.65. The van der Waals surface area contributed by atoms with Crippen LogP contribution in [0.25, 0.3) is 0 Å². The van der Waals surface area contributed by atoms with Crippen LogP contribution in [0.5, 0.6) is 5.75 Å². The highest BCUT2D eigenvalue weighted by molar-refractivity contribution is 5.86. The van der Waals surface area contributed by atoms with Gasteiger partial charge >= 0.3 is 6.09 Å². The van der Waals surface area contributed by atoms with Crippen molar-refractivity contribution in [3.63, 3.8) is 0 Å². The summed E-state index contributed by atoms with van der Waals surface area (Å²) in [5.41, 5.74) is 0.689. The van der Waals surface area contributed by atoms with Crippen LogP contribution in [0.1, 0.15) is 71.1 Å². The second-order valence-corrected chi connectivity index (χ2v) is 8.64. The minimum atomic E-state index is -0.369. The van der Waals surface area contributed by atoms with Gasteiger partial charge in [-0.1, -0.05) is 57.6 Å². The van der Waals surface area contributed by atoms with E-state index in [-0.39, 0.29) is 12.2 Å². The first-order chi connectivity index (χ1) is 14.1. The molecule has 1 saturated carbocycles. The van der Waals surface area contributed by atoms with Gasteiger partial charge in [0.15, 0.2) is 0 Å². The van der Waals surface area contributed by atoms with Gasteiger partial charge < -0.3 is 14.4 Å². The number of amides is 1. The van der Waals surface area contributed by atoms with Crippen LogP contribution in [0.3, 0.4) is 0 Å². The SMILES string of the molecule is CCCCCCCCOc1ccccc1NC(=O)O[C@@H]1CCCC[C@@H]1C[NH+](C)C. The van der Waals surface area contributed by atoms with Crippen molar-refractivity contribution in [3.05, 3.63) is 24.3 Å². The monoisotopic (exact) mass is 405 g/mol. The molecule has 1 aliphatic carbocycles. The first-order valence-electron chi connectivity index (χ1n) is 11.6. The Morgan fingerprint density at radius 1 is 1.07 bits per heavy atom. The zero-order valence-corrected chi connectivity index (χ0v) is 18.7. The topological polar surface area (TPSA) is 52.0 Å². The van der Waals surface area contributed by atoms with Crippen LogP contribution in [0.4, 0.5) is 10.5 Å². The quantitative estimate of drug-likeness (QED) is 0.497. The van der Waals surface area contributed by atoms with E-state index in [0.717, 1.165) is 38.0 Å². The van der Waals surface area contributed by atoms with Gasteiger partial charge in [0.05, 0.1) is 32.9 Å². The summed E-state index contributed by atoms with van der Waals surface area (Å²) in [5.74, 6) is 1.16. The predicted octanol–water partition coefficient (Wildman–Crippen LogP) is 4.68. The summed E-state index contributed by atoms with van der Waals surface area (Å²) in [7, 11) is 4.31. The van der Waals surface area contributed by atoms with Crippen molar-refractivity contribution in [2.45, 2.75) is 77.2 Å². The Bertz CT molecular complexity index is 591. The second-order valence-electron chi connectivity index (χ2n) is 8.64. The number of anilines is 1. The first kappa shape index (κ1) is 23.5. The van der Waals surface area contributed by atoms with Gasteiger partial charge in [0.1, 0.15) is 11.9 Å². The summed E-state index contributed by atoms with van der Waals surface area (Å²) >= 11 is 0. The van der Waals surface area contributed by atoms with E-state index < -0.39 is 0 Å². The molecule has 2 N–H and O–H groups in total. The molecule has 1 aliphatic rings. The number of unbranched alkanes of at least 4 members (excludes halogenated alkanes) is 5. The van der Waals surface area contributed by atoms with Crippen molar-refractivity contribution >= 4 is 11.8 Å². The van der Waals surface area contributed by atoms with Crippen LogP contribution in [-0.2, 0) is 4.74 Å². The van der Waals surface area contributed by atoms with Crippen LogP contribution in [0, 0.1) is 5.92 Å². The molecule has 0 radical (unpaired) electrons. The zero-order valence-electron chi connectivity index (χ0n) is 18.7. The van der Waals surface area contributed by atoms with Crippen molar-refractivity contribution in [3.8, 4) is 5.75 Å². The largest absolute Gasteiger partial charge is 0.491 e. The van der Waals surface area contributed by atoms with Crippen molar-refractivity contribution in [1.29, 1.82) is 0 Å². The molecule has 0 aliphatic heterocycles. The van der Waals surface area contributed by atoms with Crippen LogP contribution < -0.4 is 15.0 Å². The van der Waals surface area contributed by atoms with E-state index in [9.17, 15) is 4.79 Å². The number of ether oxygens (including phenoxy) is 2. The molecule has 1 aromatic carbocycles. The number of carbonyl (C=O) groups excluding carboxylic acids is 1. The molecule has 164 valence electrons. The Labute approximate surface area is 177 Å². The van der Waals surface area contributed by atoms with Crippen molar-refractivity contribution in [1.82, 2.24) is 0 Å². The molecule has 1 amide bonds. The molecule has 29 heavy (non-hydrogen) atoms. The third kappa shape index (κ3) is 9.07. The van der Waals surface area contributed by atoms with E-state index in [2.05, 4.69) is 26.3 Å². The lowest BCUT2D eigenvalue weighted by atomic mass is 9.86. The second kappa shape index (κ2) is 13.5. The lowest BCUT2D eigenvalue weighted by molar-refractivity contribution is -0.862. The van der Waals surface area contributed by atoms with Crippen molar-refractivity contribution < 1.29 is 19.2 Å². The van der Waals surface area contributed by atoms with Gasteiger partial charge in [0, 0.05) is 5.92 Å². The smallest absolute Gasteiger partial charge is 0.412 e. The molecular formula is C24H41N2O3+. The van der Waals surface area contributed by atoms with Gasteiger partial charge in [-0.2, -0.15) is 0 Å². The molecule has 1 fully saturated rings. The summed E-state index contributed by atoms with van der Waals surface area (Å²) in [6.45, 7) is 3.95. The molecule has 0 bridgehead atoms. The van der Waals surface area contributed by atoms with Crippen molar-refractivity contribution in [2.24, 2.45) is 5.92 Å². The van der Waals surface area contributed by atoms with Crippen LogP contribution >= 0.6 is 0 Å². The lowest BCUT2D eigenvalue weighted by Crippen LogP contribution is -3.06. The number of hydrogen-bond acceptors (Lipinski definition) is 3. The number of carbonyl (C=O) groups is 1. The van der Waals surface area contributed by atoms with Gasteiger partial charge in [-0.05, 0) is 37.8 Å². The molecule has 5 heteroatoms. The van der Waals surface area contributed by atoms with E-state index in [1.165, 1.54) is 43.4 Å². The molecular weight excluding hydrogens is 364 g/mol. The number of nitrogens with one attached hydrogen (secondary N) is 2. The molecule has 0 unspecified atom stereocenters. The molecule has 0 saturated heterocycles. The number of benzene rings is 1. The number of rotatable bonds is 12. The van der Waals surface area contributed by atoms with E-state index >= 15 is 0 Å². The summed E-state index contributed by atoms with van der Waals surface area (Å²) in [5, 5.41) is 2.91. The summed E-state index contributed by atoms with van der Waals surface area (Å²) < 4.78 is 11.8. The van der Waals surface area contributed by atoms with E-state index in [0.29, 0.717) is 18.2 Å². The van der Waals surface area contributed by atoms with Crippen molar-refractivity contribution in [2.75, 3.05) is 32.6 Å². The molecule has 2 rings (SSSR count). The van der Waals surface area contributed by atoms with Gasteiger partial charge in [-0.25, -0.2) is 4.79 Å². The van der Waals surface area contributed by atoms with Gasteiger partial charge in [-0.15, -0.1) is 0 Å². The maximum Gasteiger partial charge on any atom is 0.412 e.